The smallest absolute Gasteiger partial charge is 0.141 e. The summed E-state index contributed by atoms with van der Waals surface area (Å²) in [5, 5.41) is 4.89. The van der Waals surface area contributed by atoms with E-state index >= 15 is 0 Å². The summed E-state index contributed by atoms with van der Waals surface area (Å²) in [7, 11) is 0. The van der Waals surface area contributed by atoms with Gasteiger partial charge in [0.25, 0.3) is 0 Å². The highest BCUT2D eigenvalue weighted by atomic mass is 35.5. The number of aromatic nitrogens is 2. The molecular formula is C32H29ClN4O2. The Morgan fingerprint density at radius 2 is 1.74 bits per heavy atom. The standard InChI is InChI=1S/C32H29ClN4O2/c1-22-4-2-5-23(16-22)20-39-31-11-9-26(19-29(31)33)36-32-28-18-25(8-10-30(28)34-21-35-32)24-6-3-7-27(17-24)37-12-14-38-15-13-37/h2-11,16-19,21H,12-15,20H2,1H3,(H,34,35,36). The van der Waals surface area contributed by atoms with Gasteiger partial charge in [-0.2, -0.15) is 0 Å². The molecule has 0 atom stereocenters. The monoisotopic (exact) mass is 536 g/mol. The van der Waals surface area contributed by atoms with Crippen molar-refractivity contribution < 1.29 is 9.47 Å². The van der Waals surface area contributed by atoms with Gasteiger partial charge in [-0.05, 0) is 66.1 Å². The minimum absolute atomic E-state index is 0.459. The van der Waals surface area contributed by atoms with Crippen molar-refractivity contribution in [1.29, 1.82) is 0 Å². The van der Waals surface area contributed by atoms with E-state index in [-0.39, 0.29) is 0 Å². The van der Waals surface area contributed by atoms with Crippen LogP contribution >= 0.6 is 11.6 Å². The second-order valence-corrected chi connectivity index (χ2v) is 10.1. The number of fused-ring (bicyclic) bond motifs is 1. The van der Waals surface area contributed by atoms with Crippen molar-refractivity contribution in [2.75, 3.05) is 36.5 Å². The van der Waals surface area contributed by atoms with E-state index in [4.69, 9.17) is 21.1 Å². The molecule has 1 aromatic heterocycles. The topological polar surface area (TPSA) is 59.5 Å². The first-order valence-electron chi connectivity index (χ1n) is 13.1. The molecular weight excluding hydrogens is 508 g/mol. The maximum Gasteiger partial charge on any atom is 0.141 e. The predicted octanol–water partition coefficient (Wildman–Crippen LogP) is 7.42. The number of benzene rings is 4. The van der Waals surface area contributed by atoms with Crippen LogP contribution in [-0.4, -0.2) is 36.3 Å². The Morgan fingerprint density at radius 1 is 0.897 bits per heavy atom. The molecule has 1 fully saturated rings. The number of hydrogen-bond donors (Lipinski definition) is 1. The summed E-state index contributed by atoms with van der Waals surface area (Å²) in [5.41, 5.74) is 7.45. The van der Waals surface area contributed by atoms with Crippen LogP contribution in [-0.2, 0) is 11.3 Å². The van der Waals surface area contributed by atoms with Crippen molar-refractivity contribution in [2.45, 2.75) is 13.5 Å². The van der Waals surface area contributed by atoms with Gasteiger partial charge < -0.3 is 19.7 Å². The molecule has 2 heterocycles. The largest absolute Gasteiger partial charge is 0.487 e. The molecule has 39 heavy (non-hydrogen) atoms. The average Bonchev–Trinajstić information content (AvgIpc) is 2.97. The van der Waals surface area contributed by atoms with Crippen LogP contribution in [0.3, 0.4) is 0 Å². The summed E-state index contributed by atoms with van der Waals surface area (Å²) in [5.74, 6) is 1.36. The molecule has 1 aliphatic rings. The Morgan fingerprint density at radius 3 is 2.59 bits per heavy atom. The van der Waals surface area contributed by atoms with Gasteiger partial charge in [0.05, 0.1) is 23.8 Å². The molecule has 196 valence electrons. The summed E-state index contributed by atoms with van der Waals surface area (Å²) in [6, 6.07) is 28.8. The number of ether oxygens (including phenoxy) is 2. The minimum Gasteiger partial charge on any atom is -0.487 e. The molecule has 0 unspecified atom stereocenters. The summed E-state index contributed by atoms with van der Waals surface area (Å²) in [4.78, 5) is 11.4. The van der Waals surface area contributed by atoms with Crippen molar-refractivity contribution in [1.82, 2.24) is 9.97 Å². The highest BCUT2D eigenvalue weighted by molar-refractivity contribution is 6.32. The third-order valence-corrected chi connectivity index (χ3v) is 7.16. The normalized spacial score (nSPS) is 13.4. The van der Waals surface area contributed by atoms with E-state index < -0.39 is 0 Å². The summed E-state index contributed by atoms with van der Waals surface area (Å²) in [6.45, 7) is 5.86. The van der Waals surface area contributed by atoms with Gasteiger partial charge in [0.2, 0.25) is 0 Å². The van der Waals surface area contributed by atoms with Crippen LogP contribution < -0.4 is 15.0 Å². The first-order valence-corrected chi connectivity index (χ1v) is 13.4. The lowest BCUT2D eigenvalue weighted by Crippen LogP contribution is -2.36. The zero-order valence-electron chi connectivity index (χ0n) is 21.7. The number of hydrogen-bond acceptors (Lipinski definition) is 6. The van der Waals surface area contributed by atoms with E-state index in [2.05, 4.69) is 75.6 Å². The van der Waals surface area contributed by atoms with Gasteiger partial charge in [-0.1, -0.05) is 59.6 Å². The van der Waals surface area contributed by atoms with Crippen molar-refractivity contribution in [3.8, 4) is 16.9 Å². The molecule has 1 saturated heterocycles. The molecule has 4 aromatic carbocycles. The molecule has 0 spiro atoms. The predicted molar refractivity (Wildman–Crippen MR) is 158 cm³/mol. The molecule has 7 heteroatoms. The second-order valence-electron chi connectivity index (χ2n) is 9.65. The van der Waals surface area contributed by atoms with E-state index in [1.807, 2.05) is 36.4 Å². The number of nitrogens with one attached hydrogen (secondary N) is 1. The quantitative estimate of drug-likeness (QED) is 0.233. The van der Waals surface area contributed by atoms with Crippen molar-refractivity contribution in [2.24, 2.45) is 0 Å². The fourth-order valence-electron chi connectivity index (χ4n) is 4.83. The molecule has 0 saturated carbocycles. The van der Waals surface area contributed by atoms with Crippen LogP contribution in [0.15, 0.2) is 91.3 Å². The molecule has 5 aromatic rings. The molecule has 0 aliphatic carbocycles. The number of nitrogens with zero attached hydrogens (tertiary/aromatic N) is 3. The fourth-order valence-corrected chi connectivity index (χ4v) is 5.07. The molecule has 6 rings (SSSR count). The number of aryl methyl sites for hydroxylation is 1. The van der Waals surface area contributed by atoms with Crippen molar-refractivity contribution >= 4 is 39.7 Å². The average molecular weight is 537 g/mol. The molecule has 1 aliphatic heterocycles. The molecule has 1 N–H and O–H groups in total. The summed E-state index contributed by atoms with van der Waals surface area (Å²) >= 11 is 6.59. The van der Waals surface area contributed by atoms with Gasteiger partial charge in [-0.25, -0.2) is 9.97 Å². The minimum atomic E-state index is 0.459. The Bertz CT molecular complexity index is 1620. The Balaban J connectivity index is 1.23. The lowest BCUT2D eigenvalue weighted by atomic mass is 10.0. The summed E-state index contributed by atoms with van der Waals surface area (Å²) < 4.78 is 11.5. The van der Waals surface area contributed by atoms with Crippen LogP contribution in [0.1, 0.15) is 11.1 Å². The van der Waals surface area contributed by atoms with Crippen LogP contribution in [0.2, 0.25) is 5.02 Å². The maximum atomic E-state index is 6.59. The van der Waals surface area contributed by atoms with Gasteiger partial charge in [0.1, 0.15) is 24.5 Å². The lowest BCUT2D eigenvalue weighted by Gasteiger charge is -2.29. The van der Waals surface area contributed by atoms with Gasteiger partial charge in [0.15, 0.2) is 0 Å². The van der Waals surface area contributed by atoms with Crippen LogP contribution in [0.4, 0.5) is 17.2 Å². The van der Waals surface area contributed by atoms with Gasteiger partial charge >= 0.3 is 0 Å². The molecule has 0 bridgehead atoms. The zero-order valence-corrected chi connectivity index (χ0v) is 22.5. The fraction of sp³-hybridized carbons (Fsp3) is 0.188. The van der Waals surface area contributed by atoms with Gasteiger partial charge in [0, 0.05) is 29.9 Å². The third-order valence-electron chi connectivity index (χ3n) is 6.86. The van der Waals surface area contributed by atoms with Gasteiger partial charge in [-0.3, -0.25) is 0 Å². The van der Waals surface area contributed by atoms with E-state index in [0.717, 1.165) is 65.4 Å². The Labute approximate surface area is 233 Å². The van der Waals surface area contributed by atoms with E-state index in [1.165, 1.54) is 11.3 Å². The van der Waals surface area contributed by atoms with E-state index in [1.54, 1.807) is 6.33 Å². The van der Waals surface area contributed by atoms with Crippen molar-refractivity contribution in [3.63, 3.8) is 0 Å². The zero-order chi connectivity index (χ0) is 26.6. The number of anilines is 3. The van der Waals surface area contributed by atoms with Crippen LogP contribution in [0.25, 0.3) is 22.0 Å². The third kappa shape index (κ3) is 5.82. The van der Waals surface area contributed by atoms with Crippen molar-refractivity contribution in [3.05, 3.63) is 107 Å². The molecule has 0 radical (unpaired) electrons. The molecule has 6 nitrogen and oxygen atoms in total. The maximum absolute atomic E-state index is 6.59. The van der Waals surface area contributed by atoms with E-state index in [9.17, 15) is 0 Å². The number of halogens is 1. The number of morpholine rings is 1. The lowest BCUT2D eigenvalue weighted by molar-refractivity contribution is 0.122. The molecule has 0 amide bonds. The second kappa shape index (κ2) is 11.3. The first kappa shape index (κ1) is 25.2. The highest BCUT2D eigenvalue weighted by Crippen LogP contribution is 2.33. The Hall–Kier alpha value is -4.13. The van der Waals surface area contributed by atoms with Gasteiger partial charge in [-0.15, -0.1) is 0 Å². The van der Waals surface area contributed by atoms with E-state index in [0.29, 0.717) is 17.4 Å². The first-order chi connectivity index (χ1) is 19.1. The SMILES string of the molecule is Cc1cccc(COc2ccc(Nc3ncnc4ccc(-c5cccc(N6CCOCC6)c5)cc34)cc2Cl)c1. The number of rotatable bonds is 7. The summed E-state index contributed by atoms with van der Waals surface area (Å²) in [6.07, 6.45) is 1.57. The highest BCUT2D eigenvalue weighted by Gasteiger charge is 2.13. The van der Waals surface area contributed by atoms with Crippen LogP contribution in [0, 0.1) is 6.92 Å². The van der Waals surface area contributed by atoms with Crippen LogP contribution in [0.5, 0.6) is 5.75 Å². The Kier molecular flexibility index (Phi) is 7.30.